The molecule has 0 fully saturated rings. The Hall–Kier alpha value is -0.850. The van der Waals surface area contributed by atoms with Gasteiger partial charge in [0, 0.05) is 16.7 Å². The molecule has 1 N–H and O–H groups in total. The van der Waals surface area contributed by atoms with Crippen LogP contribution in [0.3, 0.4) is 0 Å². The van der Waals surface area contributed by atoms with E-state index in [1.165, 1.54) is 4.88 Å². The number of rotatable bonds is 5. The highest BCUT2D eigenvalue weighted by atomic mass is 32.1. The molecule has 0 saturated heterocycles. The smallest absolute Gasteiger partial charge is 0.0798 e. The van der Waals surface area contributed by atoms with Crippen LogP contribution in [0.1, 0.15) is 57.1 Å². The maximum absolute atomic E-state index is 4.33. The second kappa shape index (κ2) is 6.92. The molecule has 0 bridgehead atoms. The number of aryl methyl sites for hydroxylation is 1. The van der Waals surface area contributed by atoms with Crippen molar-refractivity contribution in [2.45, 2.75) is 53.5 Å². The van der Waals surface area contributed by atoms with Crippen molar-refractivity contribution in [2.24, 2.45) is 5.41 Å². The number of hydrogen-bond donors (Lipinski definition) is 1. The number of nitrogens with zero attached hydrogens (tertiary/aromatic N) is 1. The molecule has 1 heterocycles. The monoisotopic (exact) mass is 264 g/mol. The normalized spacial score (nSPS) is 12.9. The number of aromatic nitrogens is 1. The van der Waals surface area contributed by atoms with Crippen molar-refractivity contribution in [2.75, 3.05) is 6.54 Å². The zero-order chi connectivity index (χ0) is 13.6. The number of thiazole rings is 1. The predicted molar refractivity (Wildman–Crippen MR) is 79.7 cm³/mol. The molecule has 100 valence electrons. The molecule has 1 atom stereocenters. The lowest BCUT2D eigenvalue weighted by molar-refractivity contribution is 0.542. The summed E-state index contributed by atoms with van der Waals surface area (Å²) in [4.78, 5) is 5.66. The van der Waals surface area contributed by atoms with Gasteiger partial charge in [0.15, 0.2) is 0 Å². The molecule has 2 nitrogen and oxygen atoms in total. The lowest BCUT2D eigenvalue weighted by Crippen LogP contribution is -2.21. The van der Waals surface area contributed by atoms with Crippen LogP contribution in [-0.2, 0) is 0 Å². The van der Waals surface area contributed by atoms with Gasteiger partial charge in [-0.2, -0.15) is 0 Å². The Morgan fingerprint density at radius 1 is 1.44 bits per heavy atom. The molecule has 1 unspecified atom stereocenters. The summed E-state index contributed by atoms with van der Waals surface area (Å²) in [6, 6.07) is 0.326. The minimum absolute atomic E-state index is 0.0814. The summed E-state index contributed by atoms with van der Waals surface area (Å²) in [7, 11) is 0. The van der Waals surface area contributed by atoms with Gasteiger partial charge in [0.1, 0.15) is 0 Å². The molecule has 0 aromatic carbocycles. The van der Waals surface area contributed by atoms with Crippen LogP contribution < -0.4 is 5.32 Å². The SMILES string of the molecule is CCCNC(CC#CC(C)(C)C)c1scnc1C. The maximum atomic E-state index is 4.33. The summed E-state index contributed by atoms with van der Waals surface area (Å²) in [6.45, 7) is 11.7. The molecule has 1 aromatic heterocycles. The van der Waals surface area contributed by atoms with Crippen molar-refractivity contribution in [1.29, 1.82) is 0 Å². The van der Waals surface area contributed by atoms with Crippen LogP contribution in [-0.4, -0.2) is 11.5 Å². The molecule has 0 spiro atoms. The summed E-state index contributed by atoms with van der Waals surface area (Å²) in [5.41, 5.74) is 3.13. The van der Waals surface area contributed by atoms with Crippen LogP contribution in [0.15, 0.2) is 5.51 Å². The summed E-state index contributed by atoms with van der Waals surface area (Å²) in [6.07, 6.45) is 2.00. The first-order valence-corrected chi connectivity index (χ1v) is 7.45. The fraction of sp³-hybridized carbons (Fsp3) is 0.667. The van der Waals surface area contributed by atoms with Gasteiger partial charge in [-0.15, -0.1) is 17.3 Å². The maximum Gasteiger partial charge on any atom is 0.0798 e. The molecule has 0 amide bonds. The van der Waals surface area contributed by atoms with E-state index in [4.69, 9.17) is 0 Å². The van der Waals surface area contributed by atoms with Crippen molar-refractivity contribution >= 4 is 11.3 Å². The standard InChI is InChI=1S/C15H24N2S/c1-6-10-16-13(8-7-9-15(3,4)5)14-12(2)17-11-18-14/h11,13,16H,6,8,10H2,1-5H3. The highest BCUT2D eigenvalue weighted by Crippen LogP contribution is 2.24. The van der Waals surface area contributed by atoms with Crippen LogP contribution in [0.4, 0.5) is 0 Å². The minimum atomic E-state index is 0.0814. The van der Waals surface area contributed by atoms with E-state index in [9.17, 15) is 0 Å². The third kappa shape index (κ3) is 5.20. The Kier molecular flexibility index (Phi) is 5.84. The van der Waals surface area contributed by atoms with E-state index in [1.807, 2.05) is 5.51 Å². The second-order valence-corrected chi connectivity index (χ2v) is 6.45. The largest absolute Gasteiger partial charge is 0.308 e. The van der Waals surface area contributed by atoms with Gasteiger partial charge in [-0.05, 0) is 40.7 Å². The summed E-state index contributed by atoms with van der Waals surface area (Å²) < 4.78 is 0. The first-order chi connectivity index (χ1) is 8.44. The first kappa shape index (κ1) is 15.2. The van der Waals surface area contributed by atoms with E-state index < -0.39 is 0 Å². The summed E-state index contributed by atoms with van der Waals surface area (Å²) in [5.74, 6) is 6.62. The highest BCUT2D eigenvalue weighted by Gasteiger charge is 2.14. The van der Waals surface area contributed by atoms with E-state index in [-0.39, 0.29) is 5.41 Å². The van der Waals surface area contributed by atoms with Gasteiger partial charge in [0.05, 0.1) is 17.2 Å². The van der Waals surface area contributed by atoms with Gasteiger partial charge in [-0.25, -0.2) is 4.98 Å². The molecule has 3 heteroatoms. The Bertz CT molecular complexity index is 418. The second-order valence-electron chi connectivity index (χ2n) is 5.56. The van der Waals surface area contributed by atoms with E-state index in [0.29, 0.717) is 6.04 Å². The van der Waals surface area contributed by atoms with Gasteiger partial charge in [-0.3, -0.25) is 0 Å². The van der Waals surface area contributed by atoms with Crippen molar-refractivity contribution in [3.05, 3.63) is 16.1 Å². The van der Waals surface area contributed by atoms with Gasteiger partial charge in [-0.1, -0.05) is 12.8 Å². The highest BCUT2D eigenvalue weighted by molar-refractivity contribution is 7.09. The lowest BCUT2D eigenvalue weighted by atomic mass is 9.97. The fourth-order valence-electron chi connectivity index (χ4n) is 1.64. The fourth-order valence-corrected chi connectivity index (χ4v) is 2.52. The van der Waals surface area contributed by atoms with Crippen molar-refractivity contribution in [3.8, 4) is 11.8 Å². The van der Waals surface area contributed by atoms with E-state index in [0.717, 1.165) is 25.1 Å². The molecule has 0 aliphatic rings. The van der Waals surface area contributed by atoms with Crippen molar-refractivity contribution in [3.63, 3.8) is 0 Å². The molecule has 18 heavy (non-hydrogen) atoms. The Morgan fingerprint density at radius 2 is 2.17 bits per heavy atom. The molecule has 0 radical (unpaired) electrons. The van der Waals surface area contributed by atoms with Crippen LogP contribution in [0.5, 0.6) is 0 Å². The number of nitrogens with one attached hydrogen (secondary N) is 1. The van der Waals surface area contributed by atoms with Gasteiger partial charge in [0.25, 0.3) is 0 Å². The summed E-state index contributed by atoms with van der Waals surface area (Å²) in [5, 5.41) is 3.57. The Morgan fingerprint density at radius 3 is 2.67 bits per heavy atom. The van der Waals surface area contributed by atoms with E-state index in [2.05, 4.69) is 56.8 Å². The van der Waals surface area contributed by atoms with Gasteiger partial charge in [0.2, 0.25) is 0 Å². The van der Waals surface area contributed by atoms with Crippen molar-refractivity contribution in [1.82, 2.24) is 10.3 Å². The van der Waals surface area contributed by atoms with Gasteiger partial charge >= 0.3 is 0 Å². The minimum Gasteiger partial charge on any atom is -0.308 e. The number of hydrogen-bond acceptors (Lipinski definition) is 3. The quantitative estimate of drug-likeness (QED) is 0.815. The summed E-state index contributed by atoms with van der Waals surface area (Å²) >= 11 is 1.72. The Labute approximate surface area is 115 Å². The molecule has 1 rings (SSSR count). The third-order valence-corrected chi connectivity index (χ3v) is 3.55. The topological polar surface area (TPSA) is 24.9 Å². The van der Waals surface area contributed by atoms with Crippen LogP contribution in [0, 0.1) is 24.2 Å². The molecule has 1 aromatic rings. The zero-order valence-electron chi connectivity index (χ0n) is 12.1. The van der Waals surface area contributed by atoms with Crippen LogP contribution in [0.25, 0.3) is 0 Å². The van der Waals surface area contributed by atoms with E-state index in [1.54, 1.807) is 11.3 Å². The van der Waals surface area contributed by atoms with Crippen LogP contribution >= 0.6 is 11.3 Å². The Balaban J connectivity index is 2.73. The predicted octanol–water partition coefficient (Wildman–Crippen LogP) is 3.93. The molecule has 0 saturated carbocycles. The zero-order valence-corrected chi connectivity index (χ0v) is 12.9. The molecule has 0 aliphatic carbocycles. The average Bonchev–Trinajstić information content (AvgIpc) is 2.68. The molecular weight excluding hydrogens is 240 g/mol. The van der Waals surface area contributed by atoms with E-state index >= 15 is 0 Å². The van der Waals surface area contributed by atoms with Crippen LogP contribution in [0.2, 0.25) is 0 Å². The van der Waals surface area contributed by atoms with Crippen molar-refractivity contribution < 1.29 is 0 Å². The van der Waals surface area contributed by atoms with Gasteiger partial charge < -0.3 is 5.32 Å². The first-order valence-electron chi connectivity index (χ1n) is 6.57. The lowest BCUT2D eigenvalue weighted by Gasteiger charge is -2.15. The molecule has 0 aliphatic heterocycles. The molecular formula is C15H24N2S. The average molecular weight is 264 g/mol. The third-order valence-electron chi connectivity index (χ3n) is 2.51.